The second-order valence-corrected chi connectivity index (χ2v) is 10.2. The van der Waals surface area contributed by atoms with Gasteiger partial charge in [0.2, 0.25) is 0 Å². The molecule has 0 rings (SSSR count). The van der Waals surface area contributed by atoms with Gasteiger partial charge in [-0.3, -0.25) is 0 Å². The Morgan fingerprint density at radius 3 is 0.684 bits per heavy atom. The van der Waals surface area contributed by atoms with Crippen LogP contribution >= 0.6 is 12.1 Å². The van der Waals surface area contributed by atoms with Gasteiger partial charge in [-0.15, -0.1) is 0 Å². The Hall–Kier alpha value is 0.270. The third kappa shape index (κ3) is 6.05. The average molecular weight is 289 g/mol. The van der Waals surface area contributed by atoms with E-state index in [1.165, 1.54) is 0 Å². The summed E-state index contributed by atoms with van der Waals surface area (Å²) in [6.45, 7) is 27.4. The molecule has 0 fully saturated rings. The molecule has 2 nitrogen and oxygen atoms in total. The molecule has 0 aromatic heterocycles. The summed E-state index contributed by atoms with van der Waals surface area (Å²) in [5.74, 6) is 0. The minimum atomic E-state index is 0.123. The molecule has 0 N–H and O–H groups in total. The summed E-state index contributed by atoms with van der Waals surface area (Å²) >= 11 is 1.88. The lowest BCUT2D eigenvalue weighted by Gasteiger charge is -2.52. The van der Waals surface area contributed by atoms with E-state index in [0.29, 0.717) is 0 Å². The summed E-state index contributed by atoms with van der Waals surface area (Å²) < 4.78 is 5.02. The Kier molecular flexibility index (Phi) is 5.65. The third-order valence-electron chi connectivity index (χ3n) is 2.60. The van der Waals surface area contributed by atoms with Crippen molar-refractivity contribution in [2.75, 3.05) is 0 Å². The molecule has 0 aromatic rings. The average Bonchev–Trinajstić information content (AvgIpc) is 1.91. The quantitative estimate of drug-likeness (QED) is 0.633. The Morgan fingerprint density at radius 1 is 0.421 bits per heavy atom. The van der Waals surface area contributed by atoms with Crippen LogP contribution in [0.2, 0.25) is 0 Å². The van der Waals surface area contributed by atoms with Crippen LogP contribution in [0.4, 0.5) is 0 Å². The van der Waals surface area contributed by atoms with Gasteiger partial charge >= 0.3 is 0 Å². The highest BCUT2D eigenvalue weighted by Gasteiger charge is 2.40. The molecule has 19 heavy (non-hydrogen) atoms. The van der Waals surface area contributed by atoms with Crippen LogP contribution in [0.1, 0.15) is 83.1 Å². The number of hydrogen-bond donors (Lipinski definition) is 0. The zero-order valence-corrected chi connectivity index (χ0v) is 16.1. The monoisotopic (exact) mass is 288 g/mol. The molecule has 0 atom stereocenters. The Morgan fingerprint density at radius 2 is 0.579 bits per heavy atom. The van der Waals surface area contributed by atoms with Crippen LogP contribution in [0.15, 0.2) is 0 Å². The van der Waals surface area contributed by atoms with Gasteiger partial charge < -0.3 is 0 Å². The molecule has 0 unspecified atom stereocenters. The first-order valence-electron chi connectivity index (χ1n) is 7.26. The summed E-state index contributed by atoms with van der Waals surface area (Å²) in [5, 5.41) is 0. The standard InChI is InChI=1S/C16H36N2S/c1-13(2,3)17(14(4,5)6)19-18(15(7,8)9)16(10,11)12/h1-12H3. The molecule has 0 spiro atoms. The molecule has 0 aliphatic carbocycles. The summed E-state index contributed by atoms with van der Waals surface area (Å²) in [7, 11) is 0. The van der Waals surface area contributed by atoms with Gasteiger partial charge in [0.05, 0.1) is 0 Å². The maximum atomic E-state index is 2.51. The van der Waals surface area contributed by atoms with Crippen molar-refractivity contribution in [1.82, 2.24) is 8.61 Å². The Labute approximate surface area is 126 Å². The topological polar surface area (TPSA) is 6.48 Å². The first-order valence-corrected chi connectivity index (χ1v) is 7.99. The number of rotatable bonds is 2. The molecule has 0 aromatic carbocycles. The molecule has 0 aliphatic heterocycles. The van der Waals surface area contributed by atoms with E-state index < -0.39 is 0 Å². The van der Waals surface area contributed by atoms with Gasteiger partial charge in [0.1, 0.15) is 0 Å². The second kappa shape index (κ2) is 5.57. The summed E-state index contributed by atoms with van der Waals surface area (Å²) in [4.78, 5) is 0. The van der Waals surface area contributed by atoms with Crippen molar-refractivity contribution in [3.63, 3.8) is 0 Å². The van der Waals surface area contributed by atoms with Crippen LogP contribution in [-0.4, -0.2) is 30.8 Å². The van der Waals surface area contributed by atoms with E-state index in [4.69, 9.17) is 0 Å². The molecule has 3 heteroatoms. The predicted molar refractivity (Wildman–Crippen MR) is 90.3 cm³/mol. The van der Waals surface area contributed by atoms with E-state index in [9.17, 15) is 0 Å². The molecule has 0 bridgehead atoms. The van der Waals surface area contributed by atoms with Crippen LogP contribution in [0.3, 0.4) is 0 Å². The second-order valence-electron chi connectivity index (χ2n) is 9.35. The van der Waals surface area contributed by atoms with Crippen molar-refractivity contribution in [3.05, 3.63) is 0 Å². The first kappa shape index (κ1) is 19.3. The SMILES string of the molecule is CC(C)(C)N(SN(C(C)(C)C)C(C)(C)C)C(C)(C)C. The smallest absolute Gasteiger partial charge is 0.0247 e. The molecule has 0 saturated heterocycles. The van der Waals surface area contributed by atoms with E-state index in [2.05, 4.69) is 91.7 Å². The fraction of sp³-hybridized carbons (Fsp3) is 1.00. The fourth-order valence-corrected chi connectivity index (χ4v) is 3.73. The van der Waals surface area contributed by atoms with E-state index >= 15 is 0 Å². The molecule has 0 radical (unpaired) electrons. The molecular formula is C16H36N2S. The van der Waals surface area contributed by atoms with Crippen molar-refractivity contribution in [1.29, 1.82) is 0 Å². The van der Waals surface area contributed by atoms with Crippen LogP contribution in [0, 0.1) is 0 Å². The number of hydrogen-bond acceptors (Lipinski definition) is 3. The summed E-state index contributed by atoms with van der Waals surface area (Å²) in [5.41, 5.74) is 0.491. The zero-order chi connectivity index (χ0) is 15.9. The maximum Gasteiger partial charge on any atom is 0.0247 e. The molecule has 116 valence electrons. The van der Waals surface area contributed by atoms with Crippen molar-refractivity contribution >= 4 is 12.1 Å². The largest absolute Gasteiger partial charge is 0.227 e. The van der Waals surface area contributed by atoms with Crippen molar-refractivity contribution in [3.8, 4) is 0 Å². The van der Waals surface area contributed by atoms with Crippen LogP contribution in [0.5, 0.6) is 0 Å². The lowest BCUT2D eigenvalue weighted by molar-refractivity contribution is 0.112. The van der Waals surface area contributed by atoms with Gasteiger partial charge in [-0.1, -0.05) is 0 Å². The molecule has 0 saturated carbocycles. The van der Waals surface area contributed by atoms with Gasteiger partial charge in [-0.2, -0.15) is 0 Å². The lowest BCUT2D eigenvalue weighted by Crippen LogP contribution is -2.55. The highest BCUT2D eigenvalue weighted by atomic mass is 32.2. The predicted octanol–water partition coefficient (Wildman–Crippen LogP) is 5.35. The minimum absolute atomic E-state index is 0.123. The summed E-state index contributed by atoms with van der Waals surface area (Å²) in [6.07, 6.45) is 0. The fourth-order valence-electron chi connectivity index (χ4n) is 2.58. The Bertz CT molecular complexity index is 226. The van der Waals surface area contributed by atoms with E-state index in [-0.39, 0.29) is 22.2 Å². The highest BCUT2D eigenvalue weighted by molar-refractivity contribution is 7.94. The molecule has 0 heterocycles. The first-order chi connectivity index (χ1) is 7.97. The van der Waals surface area contributed by atoms with Gasteiger partial charge in [0.15, 0.2) is 0 Å². The number of nitrogens with zero attached hydrogens (tertiary/aromatic N) is 2. The van der Waals surface area contributed by atoms with Crippen molar-refractivity contribution < 1.29 is 0 Å². The third-order valence-corrected chi connectivity index (χ3v) is 5.12. The van der Waals surface area contributed by atoms with Crippen molar-refractivity contribution in [2.24, 2.45) is 0 Å². The van der Waals surface area contributed by atoms with Gasteiger partial charge in [-0.25, -0.2) is 8.61 Å². The van der Waals surface area contributed by atoms with Crippen LogP contribution < -0.4 is 0 Å². The minimum Gasteiger partial charge on any atom is -0.227 e. The normalized spacial score (nSPS) is 15.5. The zero-order valence-electron chi connectivity index (χ0n) is 15.3. The van der Waals surface area contributed by atoms with E-state index in [1.807, 2.05) is 12.1 Å². The molecular weight excluding hydrogens is 252 g/mol. The van der Waals surface area contributed by atoms with E-state index in [0.717, 1.165) is 0 Å². The summed E-state index contributed by atoms with van der Waals surface area (Å²) in [6, 6.07) is 0. The Balaban J connectivity index is 5.43. The molecule has 0 amide bonds. The maximum absolute atomic E-state index is 2.51. The van der Waals surface area contributed by atoms with Crippen LogP contribution in [0.25, 0.3) is 0 Å². The van der Waals surface area contributed by atoms with E-state index in [1.54, 1.807) is 0 Å². The highest BCUT2D eigenvalue weighted by Crippen LogP contribution is 2.41. The molecule has 0 aliphatic rings. The lowest BCUT2D eigenvalue weighted by atomic mass is 10.0. The van der Waals surface area contributed by atoms with Gasteiger partial charge in [0.25, 0.3) is 0 Å². The van der Waals surface area contributed by atoms with Gasteiger partial charge in [-0.05, 0) is 83.1 Å². The van der Waals surface area contributed by atoms with Crippen molar-refractivity contribution in [2.45, 2.75) is 105 Å². The van der Waals surface area contributed by atoms with Gasteiger partial charge in [0, 0.05) is 34.3 Å². The van der Waals surface area contributed by atoms with Crippen LogP contribution in [-0.2, 0) is 0 Å².